The fourth-order valence-corrected chi connectivity index (χ4v) is 2.38. The first-order valence-corrected chi connectivity index (χ1v) is 7.03. The van der Waals surface area contributed by atoms with Gasteiger partial charge in [-0.05, 0) is 18.3 Å². The molecule has 1 rings (SSSR count). The Hall–Kier alpha value is -0.830. The van der Waals surface area contributed by atoms with Crippen LogP contribution in [0.5, 0.6) is 0 Å². The molecule has 1 N–H and O–H groups in total. The second-order valence-corrected chi connectivity index (χ2v) is 6.50. The van der Waals surface area contributed by atoms with E-state index >= 15 is 0 Å². The summed E-state index contributed by atoms with van der Waals surface area (Å²) in [5.41, 5.74) is 1.34. The van der Waals surface area contributed by atoms with Crippen LogP contribution in [0.2, 0.25) is 0 Å². The Morgan fingerprint density at radius 1 is 1.33 bits per heavy atom. The van der Waals surface area contributed by atoms with Gasteiger partial charge in [-0.15, -0.1) is 11.6 Å². The van der Waals surface area contributed by atoms with E-state index in [1.807, 2.05) is 6.07 Å². The summed E-state index contributed by atoms with van der Waals surface area (Å²) in [6.45, 7) is 9.49. The van der Waals surface area contributed by atoms with Crippen LogP contribution in [-0.2, 0) is 6.42 Å². The van der Waals surface area contributed by atoms with E-state index in [1.165, 1.54) is 0 Å². The molecule has 0 saturated carbocycles. The highest BCUT2D eigenvalue weighted by Crippen LogP contribution is 2.23. The Morgan fingerprint density at radius 3 is 2.67 bits per heavy atom. The predicted molar refractivity (Wildman–Crippen MR) is 78.2 cm³/mol. The lowest BCUT2D eigenvalue weighted by Crippen LogP contribution is -2.21. The highest BCUT2D eigenvalue weighted by molar-refractivity contribution is 6.20. The maximum absolute atomic E-state index is 6.31. The smallest absolute Gasteiger partial charge is 0.129 e. The molecule has 3 nitrogen and oxygen atoms in total. The number of aromatic nitrogens is 2. The molecule has 0 amide bonds. The van der Waals surface area contributed by atoms with E-state index in [9.17, 15) is 0 Å². The average Bonchev–Trinajstić information content (AvgIpc) is 2.25. The monoisotopic (exact) mass is 269 g/mol. The van der Waals surface area contributed by atoms with Gasteiger partial charge in [-0.1, -0.05) is 34.1 Å². The lowest BCUT2D eigenvalue weighted by molar-refractivity contribution is 0.373. The van der Waals surface area contributed by atoms with Crippen molar-refractivity contribution in [1.82, 2.24) is 9.97 Å². The van der Waals surface area contributed by atoms with Crippen LogP contribution < -0.4 is 5.32 Å². The number of hydrogen-bond donors (Lipinski definition) is 1. The van der Waals surface area contributed by atoms with Crippen LogP contribution in [0.15, 0.2) is 12.4 Å². The van der Waals surface area contributed by atoms with Crippen molar-refractivity contribution in [2.24, 2.45) is 5.41 Å². The minimum atomic E-state index is 0.120. The molecule has 1 aromatic rings. The van der Waals surface area contributed by atoms with Gasteiger partial charge in [0.25, 0.3) is 0 Å². The van der Waals surface area contributed by atoms with E-state index in [-0.39, 0.29) is 10.8 Å². The van der Waals surface area contributed by atoms with Crippen molar-refractivity contribution in [1.29, 1.82) is 0 Å². The molecular formula is C14H24ClN3. The van der Waals surface area contributed by atoms with Crippen LogP contribution in [0.4, 0.5) is 5.82 Å². The Morgan fingerprint density at radius 2 is 2.06 bits per heavy atom. The highest BCUT2D eigenvalue weighted by Gasteiger charge is 2.16. The largest absolute Gasteiger partial charge is 0.368 e. The minimum absolute atomic E-state index is 0.120. The maximum atomic E-state index is 6.31. The van der Waals surface area contributed by atoms with Gasteiger partial charge in [0.1, 0.15) is 12.1 Å². The molecule has 4 heteroatoms. The standard InChI is InChI=1S/C14H24ClN3/c1-5-6-12-7-13(18-10-17-12)16-9-11(15)8-14(2,3)4/h7,10-11H,5-6,8-9H2,1-4H3,(H,16,17,18). The molecule has 0 radical (unpaired) electrons. The lowest BCUT2D eigenvalue weighted by Gasteiger charge is -2.22. The fourth-order valence-electron chi connectivity index (χ4n) is 1.84. The zero-order chi connectivity index (χ0) is 13.6. The summed E-state index contributed by atoms with van der Waals surface area (Å²) in [4.78, 5) is 8.44. The second kappa shape index (κ2) is 6.93. The summed E-state index contributed by atoms with van der Waals surface area (Å²) in [5.74, 6) is 0.869. The van der Waals surface area contributed by atoms with Gasteiger partial charge in [-0.25, -0.2) is 9.97 Å². The fraction of sp³-hybridized carbons (Fsp3) is 0.714. The van der Waals surface area contributed by atoms with Crippen LogP contribution >= 0.6 is 11.6 Å². The molecule has 102 valence electrons. The summed E-state index contributed by atoms with van der Waals surface area (Å²) in [6, 6.07) is 2.00. The van der Waals surface area contributed by atoms with Crippen molar-refractivity contribution < 1.29 is 0 Å². The molecule has 0 aliphatic heterocycles. The number of alkyl halides is 1. The van der Waals surface area contributed by atoms with E-state index in [2.05, 4.69) is 43.0 Å². The van der Waals surface area contributed by atoms with Gasteiger partial charge in [-0.3, -0.25) is 0 Å². The van der Waals surface area contributed by atoms with Crippen molar-refractivity contribution in [2.75, 3.05) is 11.9 Å². The van der Waals surface area contributed by atoms with Gasteiger partial charge in [0, 0.05) is 18.3 Å². The summed E-state index contributed by atoms with van der Waals surface area (Å²) >= 11 is 6.31. The van der Waals surface area contributed by atoms with Crippen LogP contribution in [-0.4, -0.2) is 21.9 Å². The molecule has 1 aromatic heterocycles. The van der Waals surface area contributed by atoms with Crippen molar-refractivity contribution in [3.05, 3.63) is 18.1 Å². The van der Waals surface area contributed by atoms with Crippen LogP contribution in [0, 0.1) is 5.41 Å². The van der Waals surface area contributed by atoms with Crippen molar-refractivity contribution in [3.63, 3.8) is 0 Å². The molecule has 1 unspecified atom stereocenters. The molecular weight excluding hydrogens is 246 g/mol. The number of nitrogens with zero attached hydrogens (tertiary/aromatic N) is 2. The van der Waals surface area contributed by atoms with E-state index < -0.39 is 0 Å². The zero-order valence-corrected chi connectivity index (χ0v) is 12.6. The average molecular weight is 270 g/mol. The van der Waals surface area contributed by atoms with Crippen LogP contribution in [0.1, 0.15) is 46.2 Å². The van der Waals surface area contributed by atoms with Gasteiger partial charge >= 0.3 is 0 Å². The topological polar surface area (TPSA) is 37.8 Å². The Kier molecular flexibility index (Phi) is 5.86. The Balaban J connectivity index is 2.45. The first-order chi connectivity index (χ1) is 8.40. The molecule has 1 heterocycles. The van der Waals surface area contributed by atoms with Crippen LogP contribution in [0.3, 0.4) is 0 Å². The number of halogens is 1. The van der Waals surface area contributed by atoms with Gasteiger partial charge < -0.3 is 5.32 Å². The first kappa shape index (κ1) is 15.2. The normalized spacial score (nSPS) is 13.4. The SMILES string of the molecule is CCCc1cc(NCC(Cl)CC(C)(C)C)ncn1. The second-order valence-electron chi connectivity index (χ2n) is 5.89. The van der Waals surface area contributed by atoms with E-state index in [4.69, 9.17) is 11.6 Å². The third kappa shape index (κ3) is 6.20. The van der Waals surface area contributed by atoms with Crippen molar-refractivity contribution in [3.8, 4) is 0 Å². The molecule has 0 aromatic carbocycles. The Labute approximate surface area is 115 Å². The van der Waals surface area contributed by atoms with Crippen molar-refractivity contribution in [2.45, 2.75) is 52.3 Å². The zero-order valence-electron chi connectivity index (χ0n) is 11.8. The first-order valence-electron chi connectivity index (χ1n) is 6.59. The predicted octanol–water partition coefficient (Wildman–Crippen LogP) is 3.88. The third-order valence-corrected chi connectivity index (χ3v) is 2.88. The molecule has 0 aliphatic rings. The number of rotatable bonds is 6. The van der Waals surface area contributed by atoms with Gasteiger partial charge in [-0.2, -0.15) is 0 Å². The molecule has 0 aliphatic carbocycles. The molecule has 1 atom stereocenters. The number of aryl methyl sites for hydroxylation is 1. The quantitative estimate of drug-likeness (QED) is 0.797. The van der Waals surface area contributed by atoms with Gasteiger partial charge in [0.05, 0.1) is 5.38 Å². The van der Waals surface area contributed by atoms with Gasteiger partial charge in [0.2, 0.25) is 0 Å². The van der Waals surface area contributed by atoms with E-state index in [1.54, 1.807) is 6.33 Å². The van der Waals surface area contributed by atoms with Crippen molar-refractivity contribution >= 4 is 17.4 Å². The number of nitrogens with one attached hydrogen (secondary N) is 1. The Bertz CT molecular complexity index is 360. The highest BCUT2D eigenvalue weighted by atomic mass is 35.5. The molecule has 18 heavy (non-hydrogen) atoms. The molecule has 0 fully saturated rings. The molecule has 0 spiro atoms. The summed E-state index contributed by atoms with van der Waals surface area (Å²) in [6.07, 6.45) is 4.68. The van der Waals surface area contributed by atoms with E-state index in [0.29, 0.717) is 0 Å². The number of hydrogen-bond acceptors (Lipinski definition) is 3. The van der Waals surface area contributed by atoms with Crippen LogP contribution in [0.25, 0.3) is 0 Å². The minimum Gasteiger partial charge on any atom is -0.368 e. The third-order valence-electron chi connectivity index (χ3n) is 2.57. The lowest BCUT2D eigenvalue weighted by atomic mass is 9.90. The number of anilines is 1. The van der Waals surface area contributed by atoms with Gasteiger partial charge in [0.15, 0.2) is 0 Å². The maximum Gasteiger partial charge on any atom is 0.129 e. The molecule has 0 saturated heterocycles. The summed E-state index contributed by atoms with van der Waals surface area (Å²) in [5, 5.41) is 3.40. The van der Waals surface area contributed by atoms with E-state index in [0.717, 1.165) is 37.3 Å². The summed E-state index contributed by atoms with van der Waals surface area (Å²) < 4.78 is 0. The molecule has 0 bridgehead atoms. The summed E-state index contributed by atoms with van der Waals surface area (Å²) in [7, 11) is 0.